The minimum absolute atomic E-state index is 0.132. The monoisotopic (exact) mass is 237 g/mol. The summed E-state index contributed by atoms with van der Waals surface area (Å²) < 4.78 is 35.7. The number of nitrogens with two attached hydrogens (primary N) is 1. The zero-order valence-electron chi connectivity index (χ0n) is 8.38. The van der Waals surface area contributed by atoms with Crippen LogP contribution in [0.5, 0.6) is 0 Å². The van der Waals surface area contributed by atoms with Crippen LogP contribution in [0.3, 0.4) is 0 Å². The van der Waals surface area contributed by atoms with Crippen molar-refractivity contribution in [2.24, 2.45) is 0 Å². The molecule has 0 saturated heterocycles. The number of anilines is 1. The van der Waals surface area contributed by atoms with E-state index < -0.39 is 25.0 Å². The van der Waals surface area contributed by atoms with Crippen LogP contribution in [-0.4, -0.2) is 45.8 Å². The van der Waals surface area contributed by atoms with Gasteiger partial charge in [-0.3, -0.25) is 9.89 Å². The molecule has 1 rings (SSSR count). The molecule has 1 aromatic heterocycles. The van der Waals surface area contributed by atoms with Gasteiger partial charge in [0, 0.05) is 13.6 Å². The first-order valence-electron chi connectivity index (χ1n) is 4.29. The average Bonchev–Trinajstić information content (AvgIpc) is 2.59. The zero-order chi connectivity index (χ0) is 12.3. The van der Waals surface area contributed by atoms with Crippen LogP contribution in [0.15, 0.2) is 0 Å². The van der Waals surface area contributed by atoms with E-state index in [2.05, 4.69) is 15.2 Å². The third kappa shape index (κ3) is 3.41. The van der Waals surface area contributed by atoms with Crippen LogP contribution in [0.1, 0.15) is 17.0 Å². The highest BCUT2D eigenvalue weighted by Crippen LogP contribution is 2.19. The number of H-pyrrole nitrogens is 1. The van der Waals surface area contributed by atoms with Crippen molar-refractivity contribution in [2.45, 2.75) is 12.6 Å². The summed E-state index contributed by atoms with van der Waals surface area (Å²) in [6.07, 6.45) is -5.37. The fourth-order valence-electron chi connectivity index (χ4n) is 0.947. The Morgan fingerprint density at radius 3 is 2.62 bits per heavy atom. The predicted molar refractivity (Wildman–Crippen MR) is 48.4 cm³/mol. The van der Waals surface area contributed by atoms with Gasteiger partial charge < -0.3 is 10.6 Å². The molecule has 0 atom stereocenters. The van der Waals surface area contributed by atoms with E-state index in [9.17, 15) is 18.0 Å². The Morgan fingerprint density at radius 1 is 1.56 bits per heavy atom. The standard InChI is InChI=1S/C7H10F3N5O/c1-15(3-2-7(8,9)10)5(16)4-12-6(11)14-13-4/h2-3H2,1H3,(H3,11,12,13,14). The molecule has 0 bridgehead atoms. The molecule has 0 spiro atoms. The molecule has 3 N–H and O–H groups in total. The summed E-state index contributed by atoms with van der Waals surface area (Å²) in [6, 6.07) is 0. The maximum absolute atomic E-state index is 11.9. The summed E-state index contributed by atoms with van der Waals surface area (Å²) in [6.45, 7) is -0.442. The summed E-state index contributed by atoms with van der Waals surface area (Å²) in [4.78, 5) is 15.9. The number of nitrogen functional groups attached to an aromatic ring is 1. The van der Waals surface area contributed by atoms with Gasteiger partial charge in [-0.05, 0) is 0 Å². The fraction of sp³-hybridized carbons (Fsp3) is 0.571. The number of amides is 1. The van der Waals surface area contributed by atoms with Gasteiger partial charge in [0.2, 0.25) is 11.8 Å². The quantitative estimate of drug-likeness (QED) is 0.797. The number of carbonyl (C=O) groups is 1. The number of halogens is 3. The van der Waals surface area contributed by atoms with Gasteiger partial charge in [0.15, 0.2) is 0 Å². The minimum atomic E-state index is -4.30. The zero-order valence-corrected chi connectivity index (χ0v) is 8.38. The van der Waals surface area contributed by atoms with Gasteiger partial charge >= 0.3 is 6.18 Å². The second-order valence-electron chi connectivity index (χ2n) is 3.13. The highest BCUT2D eigenvalue weighted by atomic mass is 19.4. The fourth-order valence-corrected chi connectivity index (χ4v) is 0.947. The van der Waals surface area contributed by atoms with Gasteiger partial charge in [0.05, 0.1) is 6.42 Å². The van der Waals surface area contributed by atoms with Crippen LogP contribution in [-0.2, 0) is 0 Å². The van der Waals surface area contributed by atoms with Crippen molar-refractivity contribution in [3.05, 3.63) is 5.82 Å². The van der Waals surface area contributed by atoms with Gasteiger partial charge in [-0.15, -0.1) is 5.10 Å². The van der Waals surface area contributed by atoms with Crippen molar-refractivity contribution in [2.75, 3.05) is 19.3 Å². The third-order valence-electron chi connectivity index (χ3n) is 1.78. The van der Waals surface area contributed by atoms with Crippen molar-refractivity contribution < 1.29 is 18.0 Å². The van der Waals surface area contributed by atoms with E-state index in [1.54, 1.807) is 0 Å². The molecule has 0 aliphatic carbocycles. The number of nitrogens with zero attached hydrogens (tertiary/aromatic N) is 3. The van der Waals surface area contributed by atoms with Crippen LogP contribution in [0.25, 0.3) is 0 Å². The lowest BCUT2D eigenvalue weighted by Gasteiger charge is -2.16. The largest absolute Gasteiger partial charge is 0.390 e. The van der Waals surface area contributed by atoms with Crippen molar-refractivity contribution in [3.63, 3.8) is 0 Å². The van der Waals surface area contributed by atoms with Crippen molar-refractivity contribution in [3.8, 4) is 0 Å². The first-order chi connectivity index (χ1) is 7.29. The number of alkyl halides is 3. The first kappa shape index (κ1) is 12.3. The number of nitrogens with one attached hydrogen (secondary N) is 1. The van der Waals surface area contributed by atoms with Crippen molar-refractivity contribution >= 4 is 11.9 Å². The number of carbonyl (C=O) groups excluding carboxylic acids is 1. The Morgan fingerprint density at radius 2 is 2.19 bits per heavy atom. The summed E-state index contributed by atoms with van der Waals surface area (Å²) in [5.41, 5.74) is 5.16. The molecule has 0 fully saturated rings. The van der Waals surface area contributed by atoms with Crippen molar-refractivity contribution in [1.29, 1.82) is 0 Å². The van der Waals surface area contributed by atoms with E-state index in [1.807, 2.05) is 0 Å². The molecule has 0 radical (unpaired) electrons. The molecule has 1 heterocycles. The number of aromatic nitrogens is 3. The number of hydrogen-bond donors (Lipinski definition) is 2. The Hall–Kier alpha value is -1.80. The van der Waals surface area contributed by atoms with Gasteiger partial charge in [-0.2, -0.15) is 18.2 Å². The lowest BCUT2D eigenvalue weighted by molar-refractivity contribution is -0.136. The molecule has 90 valence electrons. The molecule has 6 nitrogen and oxygen atoms in total. The lowest BCUT2D eigenvalue weighted by atomic mass is 10.3. The molecule has 1 aromatic rings. The Labute approximate surface area is 88.6 Å². The van der Waals surface area contributed by atoms with Crippen LogP contribution >= 0.6 is 0 Å². The molecule has 0 aliphatic rings. The molecule has 0 unspecified atom stereocenters. The Kier molecular flexibility index (Phi) is 3.35. The summed E-state index contributed by atoms with van der Waals surface area (Å²) in [7, 11) is 1.24. The van der Waals surface area contributed by atoms with Gasteiger partial charge in [0.25, 0.3) is 5.91 Å². The summed E-state index contributed by atoms with van der Waals surface area (Å²) in [5.74, 6) is -0.997. The van der Waals surface area contributed by atoms with E-state index in [1.165, 1.54) is 7.05 Å². The Bertz CT molecular complexity index is 374. The van der Waals surface area contributed by atoms with Crippen LogP contribution in [0.4, 0.5) is 19.1 Å². The van der Waals surface area contributed by atoms with E-state index in [-0.39, 0.29) is 11.8 Å². The van der Waals surface area contributed by atoms with Crippen LogP contribution < -0.4 is 5.73 Å². The number of rotatable bonds is 3. The highest BCUT2D eigenvalue weighted by molar-refractivity contribution is 5.90. The maximum atomic E-state index is 11.9. The number of aromatic amines is 1. The molecule has 9 heteroatoms. The molecule has 0 aliphatic heterocycles. The summed E-state index contributed by atoms with van der Waals surface area (Å²) in [5, 5.41) is 5.63. The maximum Gasteiger partial charge on any atom is 0.390 e. The summed E-state index contributed by atoms with van der Waals surface area (Å²) >= 11 is 0. The first-order valence-corrected chi connectivity index (χ1v) is 4.29. The topological polar surface area (TPSA) is 87.9 Å². The van der Waals surface area contributed by atoms with E-state index in [0.29, 0.717) is 0 Å². The predicted octanol–water partition coefficient (Wildman–Crippen LogP) is 0.411. The molecular weight excluding hydrogens is 227 g/mol. The molecule has 0 aromatic carbocycles. The molecular formula is C7H10F3N5O. The van der Waals surface area contributed by atoms with Gasteiger partial charge in [-0.1, -0.05) is 0 Å². The van der Waals surface area contributed by atoms with E-state index in [0.717, 1.165) is 4.90 Å². The minimum Gasteiger partial charge on any atom is -0.366 e. The lowest BCUT2D eigenvalue weighted by Crippen LogP contribution is -2.31. The highest BCUT2D eigenvalue weighted by Gasteiger charge is 2.28. The van der Waals surface area contributed by atoms with E-state index in [4.69, 9.17) is 5.73 Å². The van der Waals surface area contributed by atoms with E-state index >= 15 is 0 Å². The Balaban J connectivity index is 2.55. The van der Waals surface area contributed by atoms with Gasteiger partial charge in [-0.25, -0.2) is 0 Å². The average molecular weight is 237 g/mol. The van der Waals surface area contributed by atoms with Crippen molar-refractivity contribution in [1.82, 2.24) is 20.1 Å². The third-order valence-corrected chi connectivity index (χ3v) is 1.78. The van der Waals surface area contributed by atoms with Gasteiger partial charge in [0.1, 0.15) is 0 Å². The SMILES string of the molecule is CN(CCC(F)(F)F)C(=O)c1nc(N)n[nH]1. The second kappa shape index (κ2) is 4.37. The number of hydrogen-bond acceptors (Lipinski definition) is 4. The molecule has 16 heavy (non-hydrogen) atoms. The molecule has 1 amide bonds. The smallest absolute Gasteiger partial charge is 0.366 e. The molecule has 0 saturated carbocycles. The van der Waals surface area contributed by atoms with Crippen LogP contribution in [0, 0.1) is 0 Å². The normalized spacial score (nSPS) is 11.5. The second-order valence-corrected chi connectivity index (χ2v) is 3.13. The van der Waals surface area contributed by atoms with Crippen LogP contribution in [0.2, 0.25) is 0 Å².